The van der Waals surface area contributed by atoms with Crippen molar-refractivity contribution in [2.45, 2.75) is 48.0 Å². The van der Waals surface area contributed by atoms with Crippen molar-refractivity contribution < 1.29 is 0 Å². The van der Waals surface area contributed by atoms with Crippen LogP contribution < -0.4 is 0 Å². The van der Waals surface area contributed by atoms with Gasteiger partial charge >= 0.3 is 0 Å². The van der Waals surface area contributed by atoms with Crippen LogP contribution in [0.25, 0.3) is 0 Å². The van der Waals surface area contributed by atoms with Gasteiger partial charge < -0.3 is 0 Å². The summed E-state index contributed by atoms with van der Waals surface area (Å²) in [5.74, 6) is 1.87. The highest BCUT2D eigenvalue weighted by atomic mass is 14.4. The molecule has 0 bridgehead atoms. The second-order valence-electron chi connectivity index (χ2n) is 2.33. The van der Waals surface area contributed by atoms with Gasteiger partial charge in [0.05, 0.1) is 0 Å². The molecule has 2 unspecified atom stereocenters. The summed E-state index contributed by atoms with van der Waals surface area (Å²) in [7, 11) is 0. The highest BCUT2D eigenvalue weighted by molar-refractivity contribution is 5.21. The summed E-state index contributed by atoms with van der Waals surface area (Å²) >= 11 is 0. The van der Waals surface area contributed by atoms with E-state index in [4.69, 9.17) is 0 Å². The van der Waals surface area contributed by atoms with Gasteiger partial charge in [-0.3, -0.25) is 0 Å². The molecule has 0 saturated heterocycles. The number of fused-ring (bicyclic) bond motifs is 1. The van der Waals surface area contributed by atoms with Gasteiger partial charge in [0.2, 0.25) is 0 Å². The Morgan fingerprint density at radius 2 is 1.00 bits per heavy atom. The minimum atomic E-state index is 0.935. The van der Waals surface area contributed by atoms with Crippen molar-refractivity contribution in [1.82, 2.24) is 0 Å². The highest BCUT2D eigenvalue weighted by Crippen LogP contribution is 2.42. The third-order valence-corrected chi connectivity index (χ3v) is 1.72. The summed E-state index contributed by atoms with van der Waals surface area (Å²) in [6, 6.07) is 0. The fourth-order valence-electron chi connectivity index (χ4n) is 1.09. The Morgan fingerprint density at radius 3 is 1.23 bits per heavy atom. The summed E-state index contributed by atoms with van der Waals surface area (Å²) in [5.41, 5.74) is 0. The van der Waals surface area contributed by atoms with Crippen molar-refractivity contribution in [3.05, 3.63) is 24.3 Å². The zero-order valence-electron chi connectivity index (χ0n) is 10.2. The largest absolute Gasteiger partial charge is 0.0808 e. The van der Waals surface area contributed by atoms with Crippen LogP contribution in [0, 0.1) is 11.8 Å². The molecule has 0 nitrogen and oxygen atoms in total. The number of rotatable bonds is 0. The van der Waals surface area contributed by atoms with Gasteiger partial charge in [0, 0.05) is 0 Å². The molecule has 1 fully saturated rings. The lowest BCUT2D eigenvalue weighted by Crippen LogP contribution is -1.74. The average Bonchev–Trinajstić information content (AvgIpc) is 3.05. The molecule has 0 N–H and O–H groups in total. The highest BCUT2D eigenvalue weighted by Gasteiger charge is 2.32. The van der Waals surface area contributed by atoms with Gasteiger partial charge in [-0.15, -0.1) is 0 Å². The maximum absolute atomic E-state index is 2.30. The smallest absolute Gasteiger partial charge is 0.0161 e. The first-order chi connectivity index (χ1) is 6.47. The molecule has 13 heavy (non-hydrogen) atoms. The van der Waals surface area contributed by atoms with Crippen LogP contribution in [0.3, 0.4) is 0 Å². The van der Waals surface area contributed by atoms with E-state index in [-0.39, 0.29) is 0 Å². The Kier molecular flexibility index (Phi) is 13.2. The minimum Gasteiger partial charge on any atom is -0.0808 e. The van der Waals surface area contributed by atoms with Gasteiger partial charge in [-0.2, -0.15) is 0 Å². The molecule has 0 heterocycles. The first-order valence-corrected chi connectivity index (χ1v) is 5.82. The van der Waals surface area contributed by atoms with E-state index in [1.54, 1.807) is 0 Å². The molecule has 78 valence electrons. The lowest BCUT2D eigenvalue weighted by Gasteiger charge is -1.87. The Morgan fingerprint density at radius 1 is 0.692 bits per heavy atom. The predicted molar refractivity (Wildman–Crippen MR) is 63.9 cm³/mol. The standard InChI is InChI=1S/C7H8.3C2H6/c1-2-4-7-5-6(7)3-1;3*1-2/h1-4,6-7H,5H2;3*1-2H3. The second-order valence-corrected chi connectivity index (χ2v) is 2.33. The number of hydrogen-bond acceptors (Lipinski definition) is 0. The molecule has 0 amide bonds. The van der Waals surface area contributed by atoms with E-state index in [2.05, 4.69) is 24.3 Å². The molecule has 0 aliphatic heterocycles. The van der Waals surface area contributed by atoms with Crippen LogP contribution in [0.2, 0.25) is 0 Å². The third-order valence-electron chi connectivity index (χ3n) is 1.72. The van der Waals surface area contributed by atoms with Crippen molar-refractivity contribution in [3.63, 3.8) is 0 Å². The fraction of sp³-hybridized carbons (Fsp3) is 0.692. The zero-order valence-corrected chi connectivity index (χ0v) is 10.2. The molecule has 2 rings (SSSR count). The van der Waals surface area contributed by atoms with E-state index >= 15 is 0 Å². The van der Waals surface area contributed by atoms with Crippen molar-refractivity contribution in [2.24, 2.45) is 11.8 Å². The zero-order chi connectivity index (χ0) is 10.7. The van der Waals surface area contributed by atoms with Gasteiger partial charge in [0.15, 0.2) is 0 Å². The summed E-state index contributed by atoms with van der Waals surface area (Å²) in [6.45, 7) is 12.0. The Hall–Kier alpha value is -0.520. The lowest BCUT2D eigenvalue weighted by atomic mass is 10.2. The normalized spacial score (nSPS) is 24.8. The molecule has 0 aromatic heterocycles. The Balaban J connectivity index is 0. The third kappa shape index (κ3) is 6.62. The number of allylic oxidation sites excluding steroid dienone is 4. The summed E-state index contributed by atoms with van der Waals surface area (Å²) in [6.07, 6.45) is 10.3. The van der Waals surface area contributed by atoms with Crippen LogP contribution in [0.1, 0.15) is 48.0 Å². The minimum absolute atomic E-state index is 0.935. The summed E-state index contributed by atoms with van der Waals surface area (Å²) < 4.78 is 0. The van der Waals surface area contributed by atoms with Crippen LogP contribution in [0.5, 0.6) is 0 Å². The van der Waals surface area contributed by atoms with Crippen LogP contribution in [0.15, 0.2) is 24.3 Å². The van der Waals surface area contributed by atoms with E-state index < -0.39 is 0 Å². The molecule has 0 spiro atoms. The molecule has 1 saturated carbocycles. The van der Waals surface area contributed by atoms with Crippen molar-refractivity contribution in [2.75, 3.05) is 0 Å². The quantitative estimate of drug-likeness (QED) is 0.503. The molecule has 0 heteroatoms. The SMILES string of the molecule is C1=CC2CC2C=C1.CC.CC.CC. The molecule has 2 aliphatic carbocycles. The fourth-order valence-corrected chi connectivity index (χ4v) is 1.09. The molecule has 0 aromatic rings. The van der Waals surface area contributed by atoms with Gasteiger partial charge in [0.25, 0.3) is 0 Å². The maximum Gasteiger partial charge on any atom is -0.0161 e. The van der Waals surface area contributed by atoms with E-state index in [0.717, 1.165) is 11.8 Å². The summed E-state index contributed by atoms with van der Waals surface area (Å²) in [5, 5.41) is 0. The average molecular weight is 182 g/mol. The van der Waals surface area contributed by atoms with Gasteiger partial charge in [-0.1, -0.05) is 65.8 Å². The summed E-state index contributed by atoms with van der Waals surface area (Å²) in [4.78, 5) is 0. The van der Waals surface area contributed by atoms with E-state index in [9.17, 15) is 0 Å². The van der Waals surface area contributed by atoms with Crippen molar-refractivity contribution in [3.8, 4) is 0 Å². The topological polar surface area (TPSA) is 0 Å². The molecule has 0 aromatic carbocycles. The first-order valence-electron chi connectivity index (χ1n) is 5.82. The Labute approximate surface area is 84.7 Å². The lowest BCUT2D eigenvalue weighted by molar-refractivity contribution is 0.981. The van der Waals surface area contributed by atoms with Gasteiger partial charge in [-0.05, 0) is 18.3 Å². The molecule has 2 aliphatic rings. The Bertz CT molecular complexity index is 115. The van der Waals surface area contributed by atoms with Gasteiger partial charge in [0.1, 0.15) is 0 Å². The van der Waals surface area contributed by atoms with Crippen molar-refractivity contribution in [1.29, 1.82) is 0 Å². The molecular weight excluding hydrogens is 156 g/mol. The van der Waals surface area contributed by atoms with E-state index in [1.165, 1.54) is 6.42 Å². The van der Waals surface area contributed by atoms with E-state index in [1.807, 2.05) is 41.5 Å². The molecule has 0 radical (unpaired) electrons. The monoisotopic (exact) mass is 182 g/mol. The van der Waals surface area contributed by atoms with E-state index in [0.29, 0.717) is 0 Å². The maximum atomic E-state index is 2.30. The van der Waals surface area contributed by atoms with Crippen LogP contribution in [-0.2, 0) is 0 Å². The first kappa shape index (κ1) is 15.0. The van der Waals surface area contributed by atoms with Crippen LogP contribution in [0.4, 0.5) is 0 Å². The van der Waals surface area contributed by atoms with Gasteiger partial charge in [-0.25, -0.2) is 0 Å². The molecular formula is C13H26. The van der Waals surface area contributed by atoms with Crippen LogP contribution in [-0.4, -0.2) is 0 Å². The van der Waals surface area contributed by atoms with Crippen LogP contribution >= 0.6 is 0 Å². The molecule has 2 atom stereocenters. The number of hydrogen-bond donors (Lipinski definition) is 0. The van der Waals surface area contributed by atoms with Crippen molar-refractivity contribution >= 4 is 0 Å². The second kappa shape index (κ2) is 11.5. The predicted octanol–water partition coefficient (Wildman–Crippen LogP) is 4.83.